The molecule has 0 N–H and O–H groups in total. The van der Waals surface area contributed by atoms with Gasteiger partial charge in [0, 0.05) is 0 Å². The van der Waals surface area contributed by atoms with Crippen LogP contribution in [0.2, 0.25) is 5.31 Å². The predicted molar refractivity (Wildman–Crippen MR) is 38.9 cm³/mol. The van der Waals surface area contributed by atoms with E-state index in [9.17, 15) is 0 Å². The molecule has 0 aliphatic rings. The van der Waals surface area contributed by atoms with Crippen LogP contribution in [0.4, 0.5) is 0 Å². The topological polar surface area (TPSA) is 0 Å². The van der Waals surface area contributed by atoms with Crippen molar-refractivity contribution in [1.29, 1.82) is 0 Å². The van der Waals surface area contributed by atoms with Crippen molar-refractivity contribution >= 4 is 7.85 Å². The van der Waals surface area contributed by atoms with Crippen molar-refractivity contribution < 1.29 is 29.6 Å². The summed E-state index contributed by atoms with van der Waals surface area (Å²) in [6, 6.07) is 0. The average Bonchev–Trinajstić information content (AvgIpc) is 1.30. The molecular weight excluding hydrogens is 106 g/mol. The maximum absolute atomic E-state index is 2.39. The molecule has 0 atom stereocenters. The summed E-state index contributed by atoms with van der Waals surface area (Å²) in [6.45, 7) is 7.04. The van der Waals surface area contributed by atoms with E-state index >= 15 is 0 Å². The molecule has 0 amide bonds. The van der Waals surface area contributed by atoms with Gasteiger partial charge in [-0.2, -0.15) is 5.31 Å². The van der Waals surface area contributed by atoms with Crippen LogP contribution in [0, 0.1) is 0 Å². The second-order valence-corrected chi connectivity index (χ2v) is 1.96. The number of hydrogen-bond acceptors (Lipinski definition) is 0. The Morgan fingerprint density at radius 3 is 1.75 bits per heavy atom. The van der Waals surface area contributed by atoms with E-state index in [1.807, 2.05) is 0 Å². The van der Waals surface area contributed by atoms with Gasteiger partial charge in [-0.25, -0.2) is 0 Å². The molecule has 0 aromatic heterocycles. The molecule has 0 radical (unpaired) electrons. The van der Waals surface area contributed by atoms with E-state index in [1.54, 1.807) is 0 Å². The van der Waals surface area contributed by atoms with Crippen LogP contribution in [-0.4, -0.2) is 7.85 Å². The first-order chi connectivity index (χ1) is 3.06. The van der Waals surface area contributed by atoms with E-state index in [2.05, 4.69) is 20.8 Å². The summed E-state index contributed by atoms with van der Waals surface area (Å²) in [5.74, 6) is 0. The fraction of sp³-hybridized carbons (Fsp3) is 1.00. The molecule has 0 spiro atoms. The minimum Gasteiger partial charge on any atom is -0.170 e. The smallest absolute Gasteiger partial charge is 0.170 e. The SMILES string of the molecule is [BH3-]C(C)(C)CCC.[Na+]. The van der Waals surface area contributed by atoms with Crippen molar-refractivity contribution in [2.75, 3.05) is 0 Å². The molecule has 44 valence electrons. The molecule has 8 heavy (non-hydrogen) atoms. The Kier molecular flexibility index (Phi) is 7.23. The standard InChI is InChI=1S/C6H16B.Na/c1-4-5-6(2,3)7;/h4-5H2,1-3,7H3;/q-1;+1. The van der Waals surface area contributed by atoms with Crippen molar-refractivity contribution in [3.05, 3.63) is 0 Å². The average molecular weight is 122 g/mol. The largest absolute Gasteiger partial charge is 1.00 e. The van der Waals surface area contributed by atoms with Crippen LogP contribution in [0.3, 0.4) is 0 Å². The second kappa shape index (κ2) is 4.90. The van der Waals surface area contributed by atoms with E-state index < -0.39 is 0 Å². The van der Waals surface area contributed by atoms with Gasteiger partial charge >= 0.3 is 29.6 Å². The summed E-state index contributed by atoms with van der Waals surface area (Å²) in [5.41, 5.74) is 0. The van der Waals surface area contributed by atoms with Crippen LogP contribution < -0.4 is 29.6 Å². The Balaban J connectivity index is 0. The van der Waals surface area contributed by atoms with Crippen LogP contribution in [-0.2, 0) is 0 Å². The molecule has 2 heteroatoms. The molecule has 0 aliphatic heterocycles. The van der Waals surface area contributed by atoms with Crippen molar-refractivity contribution in [1.82, 2.24) is 0 Å². The van der Waals surface area contributed by atoms with Crippen molar-refractivity contribution in [2.45, 2.75) is 38.9 Å². The van der Waals surface area contributed by atoms with Gasteiger partial charge in [0.15, 0.2) is 0 Å². The quantitative estimate of drug-likeness (QED) is 0.385. The Morgan fingerprint density at radius 1 is 1.38 bits per heavy atom. The molecule has 0 rings (SSSR count). The molecular formula is C6H16BNa. The first-order valence-electron chi connectivity index (χ1n) is 2.56. The number of rotatable bonds is 2. The van der Waals surface area contributed by atoms with Crippen LogP contribution in [0.25, 0.3) is 0 Å². The molecule has 0 heterocycles. The summed E-state index contributed by atoms with van der Waals surface area (Å²) >= 11 is 0. The van der Waals surface area contributed by atoms with E-state index in [0.29, 0.717) is 7.85 Å². The van der Waals surface area contributed by atoms with Crippen LogP contribution in [0.5, 0.6) is 0 Å². The van der Waals surface area contributed by atoms with E-state index in [1.165, 1.54) is 12.8 Å². The molecule has 0 saturated carbocycles. The van der Waals surface area contributed by atoms with Gasteiger partial charge in [0.05, 0.1) is 0 Å². The molecule has 0 saturated heterocycles. The third kappa shape index (κ3) is 10.1. The van der Waals surface area contributed by atoms with Gasteiger partial charge in [0.1, 0.15) is 0 Å². The fourth-order valence-electron chi connectivity index (χ4n) is 0.500. The van der Waals surface area contributed by atoms with Gasteiger partial charge in [-0.1, -0.05) is 33.6 Å². The first kappa shape index (κ1) is 11.8. The third-order valence-electron chi connectivity index (χ3n) is 0.750. The monoisotopic (exact) mass is 122 g/mol. The van der Waals surface area contributed by atoms with Crippen LogP contribution in [0.15, 0.2) is 0 Å². The van der Waals surface area contributed by atoms with Gasteiger partial charge in [0.25, 0.3) is 0 Å². The Bertz CT molecular complexity index is 47.0. The predicted octanol–water partition coefficient (Wildman–Crippen LogP) is -1.65. The van der Waals surface area contributed by atoms with Crippen LogP contribution >= 0.6 is 0 Å². The third-order valence-corrected chi connectivity index (χ3v) is 0.750. The van der Waals surface area contributed by atoms with E-state index in [0.717, 1.165) is 5.31 Å². The first-order valence-corrected chi connectivity index (χ1v) is 2.56. The number of hydrogen-bond donors (Lipinski definition) is 0. The summed E-state index contributed by atoms with van der Waals surface area (Å²) < 4.78 is 0. The summed E-state index contributed by atoms with van der Waals surface area (Å²) in [5, 5.41) is 0.800. The van der Waals surface area contributed by atoms with E-state index in [-0.39, 0.29) is 29.6 Å². The zero-order valence-electron chi connectivity index (χ0n) is 5.91. The fourth-order valence-corrected chi connectivity index (χ4v) is 0.500. The molecule has 0 aliphatic carbocycles. The van der Waals surface area contributed by atoms with Gasteiger partial charge < -0.3 is 0 Å². The molecule has 0 fully saturated rings. The Labute approximate surface area is 76.1 Å². The molecule has 0 unspecified atom stereocenters. The maximum atomic E-state index is 2.39. The van der Waals surface area contributed by atoms with Crippen LogP contribution in [0.1, 0.15) is 33.6 Å². The summed E-state index contributed by atoms with van der Waals surface area (Å²) in [7, 11) is 0.588. The molecule has 0 bridgehead atoms. The van der Waals surface area contributed by atoms with Gasteiger partial charge in [-0.3, -0.25) is 0 Å². The maximum Gasteiger partial charge on any atom is 1.00 e. The Morgan fingerprint density at radius 2 is 1.75 bits per heavy atom. The van der Waals surface area contributed by atoms with Crippen molar-refractivity contribution in [3.63, 3.8) is 0 Å². The van der Waals surface area contributed by atoms with Gasteiger partial charge in [-0.05, 0) is 7.85 Å². The summed E-state index contributed by atoms with van der Waals surface area (Å²) in [6.07, 6.45) is 2.82. The zero-order chi connectivity index (χ0) is 5.91. The normalized spacial score (nSPS) is 10.5. The zero-order valence-corrected chi connectivity index (χ0v) is 7.91. The molecule has 0 aromatic rings. The Hall–Kier alpha value is 1.06. The van der Waals surface area contributed by atoms with E-state index in [4.69, 9.17) is 0 Å². The van der Waals surface area contributed by atoms with Crippen molar-refractivity contribution in [3.8, 4) is 0 Å². The molecule has 0 aromatic carbocycles. The summed E-state index contributed by atoms with van der Waals surface area (Å²) in [4.78, 5) is 0. The van der Waals surface area contributed by atoms with Gasteiger partial charge in [-0.15, -0.1) is 0 Å². The van der Waals surface area contributed by atoms with Gasteiger partial charge in [0.2, 0.25) is 0 Å². The second-order valence-electron chi connectivity index (χ2n) is 1.96. The minimum atomic E-state index is 0. The minimum absolute atomic E-state index is 0. The molecule has 0 nitrogen and oxygen atoms in total. The van der Waals surface area contributed by atoms with Crippen molar-refractivity contribution in [2.24, 2.45) is 0 Å².